The number of para-hydroxylation sites is 1. The molecule has 0 unspecified atom stereocenters. The van der Waals surface area contributed by atoms with Gasteiger partial charge < -0.3 is 15.4 Å². The zero-order valence-corrected chi connectivity index (χ0v) is 12.5. The van der Waals surface area contributed by atoms with E-state index in [4.69, 9.17) is 22.1 Å². The van der Waals surface area contributed by atoms with Crippen molar-refractivity contribution in [1.29, 1.82) is 0 Å². The number of nitrogens with zero attached hydrogens (tertiary/aromatic N) is 1. The molecule has 110 valence electrons. The number of carbonyl (C=O) groups excluding carboxylic acids is 1. The topological polar surface area (TPSA) is 55.6 Å². The van der Waals surface area contributed by atoms with Crippen LogP contribution in [0.4, 0.5) is 0 Å². The first kappa shape index (κ1) is 15.1. The Hall–Kier alpha value is -1.26. The van der Waals surface area contributed by atoms with Gasteiger partial charge in [0.2, 0.25) is 5.91 Å². The van der Waals surface area contributed by atoms with E-state index in [9.17, 15) is 4.79 Å². The molecule has 1 amide bonds. The molecule has 1 saturated carbocycles. The fourth-order valence-electron chi connectivity index (χ4n) is 2.22. The monoisotopic (exact) mass is 296 g/mol. The highest BCUT2D eigenvalue weighted by atomic mass is 35.5. The molecule has 0 aromatic heterocycles. The first-order valence-electron chi connectivity index (χ1n) is 6.90. The standard InChI is InChI=1S/C15H21ClN2O2/c1-18(14(19)11-15(17)7-4-8-15)9-10-20-13-6-3-2-5-12(13)16/h2-3,5-6H,4,7-11,17H2,1H3. The van der Waals surface area contributed by atoms with E-state index in [2.05, 4.69) is 0 Å². The maximum absolute atomic E-state index is 12.0. The number of hydrogen-bond acceptors (Lipinski definition) is 3. The summed E-state index contributed by atoms with van der Waals surface area (Å²) in [7, 11) is 1.78. The van der Waals surface area contributed by atoms with Crippen LogP contribution in [0.1, 0.15) is 25.7 Å². The number of carbonyl (C=O) groups is 1. The van der Waals surface area contributed by atoms with E-state index in [-0.39, 0.29) is 11.4 Å². The number of halogens is 1. The van der Waals surface area contributed by atoms with Gasteiger partial charge in [-0.2, -0.15) is 0 Å². The molecule has 1 aromatic carbocycles. The van der Waals surface area contributed by atoms with Gasteiger partial charge in [-0.05, 0) is 31.4 Å². The van der Waals surface area contributed by atoms with Gasteiger partial charge >= 0.3 is 0 Å². The molecule has 0 atom stereocenters. The van der Waals surface area contributed by atoms with Crippen LogP contribution in [0.25, 0.3) is 0 Å². The van der Waals surface area contributed by atoms with Crippen molar-refractivity contribution in [2.45, 2.75) is 31.2 Å². The Morgan fingerprint density at radius 3 is 2.75 bits per heavy atom. The van der Waals surface area contributed by atoms with Crippen molar-refractivity contribution < 1.29 is 9.53 Å². The molecule has 1 aromatic rings. The summed E-state index contributed by atoms with van der Waals surface area (Å²) in [6, 6.07) is 7.31. The fourth-order valence-corrected chi connectivity index (χ4v) is 2.41. The molecular weight excluding hydrogens is 276 g/mol. The minimum absolute atomic E-state index is 0.0787. The van der Waals surface area contributed by atoms with Gasteiger partial charge in [-0.3, -0.25) is 4.79 Å². The Kier molecular flexibility index (Phi) is 4.89. The molecule has 4 nitrogen and oxygen atoms in total. The number of likely N-dealkylation sites (N-methyl/N-ethyl adjacent to an activating group) is 1. The Morgan fingerprint density at radius 2 is 2.15 bits per heavy atom. The SMILES string of the molecule is CN(CCOc1ccccc1Cl)C(=O)CC1(N)CCC1. The van der Waals surface area contributed by atoms with E-state index < -0.39 is 0 Å². The van der Waals surface area contributed by atoms with Gasteiger partial charge in [0, 0.05) is 19.0 Å². The van der Waals surface area contributed by atoms with Crippen molar-refractivity contribution in [3.05, 3.63) is 29.3 Å². The average Bonchev–Trinajstić information content (AvgIpc) is 2.39. The van der Waals surface area contributed by atoms with E-state index >= 15 is 0 Å². The molecule has 0 radical (unpaired) electrons. The average molecular weight is 297 g/mol. The van der Waals surface area contributed by atoms with Crippen LogP contribution < -0.4 is 10.5 Å². The van der Waals surface area contributed by atoms with Gasteiger partial charge in [0.05, 0.1) is 11.6 Å². The molecule has 1 fully saturated rings. The Labute approximate surface area is 124 Å². The lowest BCUT2D eigenvalue weighted by molar-refractivity contribution is -0.132. The molecule has 5 heteroatoms. The predicted octanol–water partition coefficient (Wildman–Crippen LogP) is 2.45. The number of nitrogens with two attached hydrogens (primary N) is 1. The minimum Gasteiger partial charge on any atom is -0.490 e. The largest absolute Gasteiger partial charge is 0.490 e. The molecule has 1 aliphatic rings. The molecular formula is C15H21ClN2O2. The highest BCUT2D eigenvalue weighted by molar-refractivity contribution is 6.32. The Bertz CT molecular complexity index is 475. The van der Waals surface area contributed by atoms with Gasteiger partial charge in [-0.1, -0.05) is 23.7 Å². The number of hydrogen-bond donors (Lipinski definition) is 1. The molecule has 0 aliphatic heterocycles. The molecule has 0 heterocycles. The summed E-state index contributed by atoms with van der Waals surface area (Å²) >= 11 is 5.99. The summed E-state index contributed by atoms with van der Waals surface area (Å²) < 4.78 is 5.57. The molecule has 0 spiro atoms. The van der Waals surface area contributed by atoms with E-state index in [1.54, 1.807) is 18.0 Å². The lowest BCUT2D eigenvalue weighted by Crippen LogP contribution is -2.50. The van der Waals surface area contributed by atoms with Crippen molar-refractivity contribution >= 4 is 17.5 Å². The van der Waals surface area contributed by atoms with Crippen molar-refractivity contribution in [3.63, 3.8) is 0 Å². The number of amides is 1. The lowest BCUT2D eigenvalue weighted by atomic mass is 9.75. The van der Waals surface area contributed by atoms with Gasteiger partial charge in [-0.25, -0.2) is 0 Å². The zero-order valence-electron chi connectivity index (χ0n) is 11.8. The maximum atomic E-state index is 12.0. The second kappa shape index (κ2) is 6.46. The van der Waals surface area contributed by atoms with E-state index in [0.717, 1.165) is 19.3 Å². The highest BCUT2D eigenvalue weighted by Crippen LogP contribution is 2.32. The van der Waals surface area contributed by atoms with E-state index in [0.29, 0.717) is 30.3 Å². The molecule has 0 bridgehead atoms. The fraction of sp³-hybridized carbons (Fsp3) is 0.533. The number of rotatable bonds is 6. The third-order valence-electron chi connectivity index (χ3n) is 3.80. The van der Waals surface area contributed by atoms with Crippen LogP contribution in [0.2, 0.25) is 5.02 Å². The quantitative estimate of drug-likeness (QED) is 0.877. The van der Waals surface area contributed by atoms with Crippen molar-refractivity contribution in [2.75, 3.05) is 20.2 Å². The third-order valence-corrected chi connectivity index (χ3v) is 4.11. The number of ether oxygens (including phenoxy) is 1. The second-order valence-corrected chi connectivity index (χ2v) is 5.89. The number of benzene rings is 1. The molecule has 20 heavy (non-hydrogen) atoms. The smallest absolute Gasteiger partial charge is 0.224 e. The normalized spacial score (nSPS) is 16.4. The van der Waals surface area contributed by atoms with Crippen molar-refractivity contribution in [3.8, 4) is 5.75 Å². The second-order valence-electron chi connectivity index (χ2n) is 5.49. The van der Waals surface area contributed by atoms with E-state index in [1.165, 1.54) is 0 Å². The van der Waals surface area contributed by atoms with Crippen LogP contribution in [-0.4, -0.2) is 36.5 Å². The van der Waals surface area contributed by atoms with Gasteiger partial charge in [-0.15, -0.1) is 0 Å². The maximum Gasteiger partial charge on any atom is 0.224 e. The Balaban J connectivity index is 1.73. The third kappa shape index (κ3) is 3.87. The van der Waals surface area contributed by atoms with E-state index in [1.807, 2.05) is 18.2 Å². The molecule has 0 saturated heterocycles. The molecule has 2 rings (SSSR count). The summed E-state index contributed by atoms with van der Waals surface area (Å²) in [5.41, 5.74) is 5.82. The summed E-state index contributed by atoms with van der Waals surface area (Å²) in [5, 5.41) is 0.580. The van der Waals surface area contributed by atoms with Gasteiger partial charge in [0.1, 0.15) is 12.4 Å². The first-order chi connectivity index (χ1) is 9.50. The predicted molar refractivity (Wildman–Crippen MR) is 80.0 cm³/mol. The van der Waals surface area contributed by atoms with Crippen molar-refractivity contribution in [1.82, 2.24) is 4.90 Å². The Morgan fingerprint density at radius 1 is 1.45 bits per heavy atom. The molecule has 1 aliphatic carbocycles. The van der Waals surface area contributed by atoms with Gasteiger partial charge in [0.25, 0.3) is 0 Å². The summed E-state index contributed by atoms with van der Waals surface area (Å²) in [4.78, 5) is 13.7. The van der Waals surface area contributed by atoms with Gasteiger partial charge in [0.15, 0.2) is 0 Å². The molecule has 2 N–H and O–H groups in total. The van der Waals surface area contributed by atoms with Crippen molar-refractivity contribution in [2.24, 2.45) is 5.73 Å². The first-order valence-corrected chi connectivity index (χ1v) is 7.28. The summed E-state index contributed by atoms with van der Waals surface area (Å²) in [6.45, 7) is 0.948. The highest BCUT2D eigenvalue weighted by Gasteiger charge is 2.35. The van der Waals surface area contributed by atoms with Crippen LogP contribution >= 0.6 is 11.6 Å². The zero-order chi connectivity index (χ0) is 14.6. The van der Waals surface area contributed by atoms with Crippen LogP contribution in [0.3, 0.4) is 0 Å². The van der Waals surface area contributed by atoms with Crippen LogP contribution in [0, 0.1) is 0 Å². The minimum atomic E-state index is -0.269. The summed E-state index contributed by atoms with van der Waals surface area (Å²) in [5.74, 6) is 0.722. The van der Waals surface area contributed by atoms with Crippen LogP contribution in [-0.2, 0) is 4.79 Å². The van der Waals surface area contributed by atoms with Crippen LogP contribution in [0.5, 0.6) is 5.75 Å². The lowest BCUT2D eigenvalue weighted by Gasteiger charge is -2.38. The van der Waals surface area contributed by atoms with Crippen LogP contribution in [0.15, 0.2) is 24.3 Å². The summed E-state index contributed by atoms with van der Waals surface area (Å²) in [6.07, 6.45) is 3.45.